The van der Waals surface area contributed by atoms with Gasteiger partial charge in [-0.1, -0.05) is 30.3 Å². The average Bonchev–Trinajstić information content (AvgIpc) is 3.20. The summed E-state index contributed by atoms with van der Waals surface area (Å²) in [5, 5.41) is 12.3. The number of amides is 1. The number of rotatable bonds is 7. The zero-order valence-electron chi connectivity index (χ0n) is 15.6. The lowest BCUT2D eigenvalue weighted by molar-refractivity contribution is -0.264. The fourth-order valence-electron chi connectivity index (χ4n) is 2.79. The normalized spacial score (nSPS) is 13.6. The van der Waals surface area contributed by atoms with Gasteiger partial charge in [-0.3, -0.25) is 4.79 Å². The van der Waals surface area contributed by atoms with Crippen molar-refractivity contribution in [1.82, 2.24) is 10.3 Å². The third-order valence-corrected chi connectivity index (χ3v) is 4.51. The molecule has 0 saturated carbocycles. The van der Waals surface area contributed by atoms with Crippen LogP contribution in [0.5, 0.6) is 0 Å². The number of aryl methyl sites for hydroxylation is 1. The van der Waals surface area contributed by atoms with Crippen molar-refractivity contribution in [3.8, 4) is 11.3 Å². The number of hydrogen-bond acceptors (Lipinski definition) is 4. The molecule has 9 heteroatoms. The molecule has 3 rings (SSSR count). The number of hydrogen-bond donors (Lipinski definition) is 2. The van der Waals surface area contributed by atoms with E-state index >= 15 is 0 Å². The number of nitrogens with one attached hydrogen (secondary N) is 1. The van der Waals surface area contributed by atoms with Gasteiger partial charge >= 0.3 is 6.18 Å². The summed E-state index contributed by atoms with van der Waals surface area (Å²) in [7, 11) is 0. The molecule has 1 unspecified atom stereocenters. The van der Waals surface area contributed by atoms with Crippen molar-refractivity contribution < 1.29 is 31.9 Å². The van der Waals surface area contributed by atoms with Gasteiger partial charge in [0, 0.05) is 18.4 Å². The first-order chi connectivity index (χ1) is 14.2. The number of carbonyl (C=O) groups is 1. The highest BCUT2D eigenvalue weighted by atomic mass is 19.4. The van der Waals surface area contributed by atoms with Crippen molar-refractivity contribution in [2.24, 2.45) is 0 Å². The predicted octanol–water partition coefficient (Wildman–Crippen LogP) is 3.98. The molecule has 0 radical (unpaired) electrons. The molecule has 1 heterocycles. The molecule has 1 amide bonds. The van der Waals surface area contributed by atoms with Gasteiger partial charge in [0.2, 0.25) is 11.5 Å². The highest BCUT2D eigenvalue weighted by Crippen LogP contribution is 2.38. The maximum absolute atomic E-state index is 13.4. The van der Waals surface area contributed by atoms with Crippen LogP contribution in [-0.2, 0) is 16.8 Å². The van der Waals surface area contributed by atoms with Gasteiger partial charge in [-0.2, -0.15) is 13.2 Å². The number of nitrogens with zero attached hydrogens (tertiary/aromatic N) is 1. The molecular formula is C21H18F4N2O3. The topological polar surface area (TPSA) is 75.4 Å². The number of halogens is 4. The van der Waals surface area contributed by atoms with Crippen molar-refractivity contribution in [3.63, 3.8) is 0 Å². The highest BCUT2D eigenvalue weighted by Gasteiger charge is 2.55. The zero-order valence-corrected chi connectivity index (χ0v) is 15.6. The number of benzene rings is 2. The van der Waals surface area contributed by atoms with Crippen LogP contribution in [0, 0.1) is 5.82 Å². The molecule has 158 valence electrons. The van der Waals surface area contributed by atoms with Crippen LogP contribution >= 0.6 is 0 Å². The molecule has 2 N–H and O–H groups in total. The van der Waals surface area contributed by atoms with E-state index in [2.05, 4.69) is 10.3 Å². The van der Waals surface area contributed by atoms with E-state index in [-0.39, 0.29) is 24.3 Å². The zero-order chi connectivity index (χ0) is 21.8. The first-order valence-electron chi connectivity index (χ1n) is 9.01. The van der Waals surface area contributed by atoms with E-state index in [0.717, 1.165) is 12.1 Å². The molecule has 0 bridgehead atoms. The second-order valence-corrected chi connectivity index (χ2v) is 6.63. The lowest BCUT2D eigenvalue weighted by Gasteiger charge is -2.31. The third-order valence-electron chi connectivity index (χ3n) is 4.51. The Kier molecular flexibility index (Phi) is 6.21. The van der Waals surface area contributed by atoms with Crippen LogP contribution in [0.2, 0.25) is 0 Å². The summed E-state index contributed by atoms with van der Waals surface area (Å²) in [6.07, 6.45) is -3.71. The highest BCUT2D eigenvalue weighted by molar-refractivity contribution is 5.76. The van der Waals surface area contributed by atoms with Crippen LogP contribution in [-0.4, -0.2) is 28.7 Å². The van der Waals surface area contributed by atoms with Gasteiger partial charge in [0.15, 0.2) is 11.7 Å². The number of aromatic nitrogens is 1. The van der Waals surface area contributed by atoms with E-state index < -0.39 is 30.0 Å². The Hall–Kier alpha value is -3.20. The molecule has 0 aliphatic heterocycles. The Balaban J connectivity index is 1.58. The summed E-state index contributed by atoms with van der Waals surface area (Å²) in [6.45, 7) is -1.02. The van der Waals surface area contributed by atoms with Gasteiger partial charge in [-0.15, -0.1) is 0 Å². The molecular weight excluding hydrogens is 404 g/mol. The van der Waals surface area contributed by atoms with Crippen molar-refractivity contribution in [2.45, 2.75) is 24.6 Å². The van der Waals surface area contributed by atoms with Crippen LogP contribution in [0.25, 0.3) is 11.3 Å². The van der Waals surface area contributed by atoms with E-state index in [9.17, 15) is 27.5 Å². The van der Waals surface area contributed by atoms with Crippen molar-refractivity contribution in [1.29, 1.82) is 0 Å². The van der Waals surface area contributed by atoms with Crippen molar-refractivity contribution in [2.75, 3.05) is 6.54 Å². The molecule has 2 aromatic carbocycles. The molecule has 0 aliphatic carbocycles. The Morgan fingerprint density at radius 1 is 1.07 bits per heavy atom. The molecule has 0 spiro atoms. The second-order valence-electron chi connectivity index (χ2n) is 6.63. The maximum atomic E-state index is 13.4. The monoisotopic (exact) mass is 422 g/mol. The standard InChI is InChI=1S/C21H18F4N2O3/c22-16-8-6-14(7-9-16)17-12-26-19(30-17)11-10-18(28)27-13-20(29,21(23,24)25)15-4-2-1-3-5-15/h1-9,12,29H,10-11,13H2,(H,27,28). The lowest BCUT2D eigenvalue weighted by atomic mass is 9.93. The summed E-state index contributed by atoms with van der Waals surface area (Å²) in [6, 6.07) is 12.1. The smallest absolute Gasteiger partial charge is 0.423 e. The first kappa shape index (κ1) is 21.5. The molecule has 1 atom stereocenters. The molecule has 30 heavy (non-hydrogen) atoms. The van der Waals surface area contributed by atoms with E-state index in [0.29, 0.717) is 11.3 Å². The first-order valence-corrected chi connectivity index (χ1v) is 9.01. The Morgan fingerprint density at radius 3 is 2.37 bits per heavy atom. The fourth-order valence-corrected chi connectivity index (χ4v) is 2.79. The van der Waals surface area contributed by atoms with Crippen LogP contribution in [0.4, 0.5) is 17.6 Å². The summed E-state index contributed by atoms with van der Waals surface area (Å²) >= 11 is 0. The number of carbonyl (C=O) groups excluding carboxylic acids is 1. The predicted molar refractivity (Wildman–Crippen MR) is 99.6 cm³/mol. The quantitative estimate of drug-likeness (QED) is 0.565. The molecule has 5 nitrogen and oxygen atoms in total. The molecule has 0 saturated heterocycles. The minimum absolute atomic E-state index is 0.0445. The maximum Gasteiger partial charge on any atom is 0.423 e. The lowest BCUT2D eigenvalue weighted by Crippen LogP contribution is -2.51. The summed E-state index contributed by atoms with van der Waals surface area (Å²) in [5.41, 5.74) is -2.98. The molecule has 0 aliphatic rings. The number of aliphatic hydroxyl groups is 1. The second kappa shape index (κ2) is 8.66. The average molecular weight is 422 g/mol. The van der Waals surface area contributed by atoms with Crippen molar-refractivity contribution >= 4 is 5.91 Å². The molecule has 0 fully saturated rings. The van der Waals surface area contributed by atoms with E-state index in [4.69, 9.17) is 4.42 Å². The Labute approximate surface area is 169 Å². The van der Waals surface area contributed by atoms with E-state index in [1.165, 1.54) is 48.7 Å². The van der Waals surface area contributed by atoms with Crippen molar-refractivity contribution in [3.05, 3.63) is 78.1 Å². The molecule has 3 aromatic rings. The van der Waals surface area contributed by atoms with Gasteiger partial charge in [-0.05, 0) is 29.8 Å². The summed E-state index contributed by atoms with van der Waals surface area (Å²) in [4.78, 5) is 16.0. The SMILES string of the molecule is O=C(CCc1ncc(-c2ccc(F)cc2)o1)NCC(O)(c1ccccc1)C(F)(F)F. The van der Waals surface area contributed by atoms with E-state index in [1.54, 1.807) is 0 Å². The summed E-state index contributed by atoms with van der Waals surface area (Å²) in [5.74, 6) is -0.515. The van der Waals surface area contributed by atoms with Crippen LogP contribution in [0.1, 0.15) is 17.9 Å². The van der Waals surface area contributed by atoms with Gasteiger partial charge in [-0.25, -0.2) is 9.37 Å². The van der Waals surface area contributed by atoms with Gasteiger partial charge in [0.05, 0.1) is 12.7 Å². The van der Waals surface area contributed by atoms with Gasteiger partial charge < -0.3 is 14.8 Å². The largest absolute Gasteiger partial charge is 0.441 e. The summed E-state index contributed by atoms with van der Waals surface area (Å²) < 4.78 is 58.8. The Bertz CT molecular complexity index is 987. The number of alkyl halides is 3. The van der Waals surface area contributed by atoms with Gasteiger partial charge in [0.25, 0.3) is 0 Å². The van der Waals surface area contributed by atoms with Crippen LogP contribution in [0.3, 0.4) is 0 Å². The minimum atomic E-state index is -4.98. The fraction of sp³-hybridized carbons (Fsp3) is 0.238. The molecule has 1 aromatic heterocycles. The van der Waals surface area contributed by atoms with Gasteiger partial charge in [0.1, 0.15) is 5.82 Å². The van der Waals surface area contributed by atoms with Crippen LogP contribution < -0.4 is 5.32 Å². The van der Waals surface area contributed by atoms with Crippen LogP contribution in [0.15, 0.2) is 65.2 Å². The Morgan fingerprint density at radius 2 is 1.73 bits per heavy atom. The minimum Gasteiger partial charge on any atom is -0.441 e. The van der Waals surface area contributed by atoms with E-state index in [1.807, 2.05) is 0 Å². The third kappa shape index (κ3) is 4.85. The number of oxazole rings is 1.